The number of hydrogen-bond donors (Lipinski definition) is 2. The highest BCUT2D eigenvalue weighted by Crippen LogP contribution is 2.19. The predicted molar refractivity (Wildman–Crippen MR) is 82.2 cm³/mol. The highest BCUT2D eigenvalue weighted by molar-refractivity contribution is 5.98. The van der Waals surface area contributed by atoms with E-state index < -0.39 is 5.97 Å². The minimum absolute atomic E-state index is 0.0158. The van der Waals surface area contributed by atoms with Crippen LogP contribution < -0.4 is 0 Å². The van der Waals surface area contributed by atoms with E-state index in [0.717, 1.165) is 16.6 Å². The van der Waals surface area contributed by atoms with Crippen molar-refractivity contribution in [3.05, 3.63) is 53.5 Å². The lowest BCUT2D eigenvalue weighted by molar-refractivity contribution is 0.0680. The first-order valence-electron chi connectivity index (χ1n) is 7.28. The maximum atomic E-state index is 12.7. The highest BCUT2D eigenvalue weighted by atomic mass is 16.4. The molecule has 1 aliphatic heterocycles. The van der Waals surface area contributed by atoms with E-state index >= 15 is 0 Å². The monoisotopic (exact) mass is 310 g/mol. The van der Waals surface area contributed by atoms with Crippen molar-refractivity contribution in [1.82, 2.24) is 19.7 Å². The van der Waals surface area contributed by atoms with Crippen molar-refractivity contribution >= 4 is 22.8 Å². The van der Waals surface area contributed by atoms with Crippen LogP contribution in [0.4, 0.5) is 0 Å². The van der Waals surface area contributed by atoms with Crippen LogP contribution in [0.25, 0.3) is 10.9 Å². The first kappa shape index (κ1) is 13.6. The number of carbonyl (C=O) groups is 2. The molecule has 0 bridgehead atoms. The number of carbonyl (C=O) groups excluding carboxylic acids is 1. The first-order valence-corrected chi connectivity index (χ1v) is 7.28. The van der Waals surface area contributed by atoms with E-state index in [1.54, 1.807) is 9.58 Å². The third kappa shape index (κ3) is 2.26. The number of nitrogens with one attached hydrogen (secondary N) is 1. The molecule has 7 nitrogen and oxygen atoms in total. The minimum atomic E-state index is -1.05. The van der Waals surface area contributed by atoms with E-state index in [0.29, 0.717) is 25.2 Å². The summed E-state index contributed by atoms with van der Waals surface area (Å²) in [6.07, 6.45) is 1.84. The molecule has 2 N–H and O–H groups in total. The van der Waals surface area contributed by atoms with Crippen LogP contribution in [0.2, 0.25) is 0 Å². The quantitative estimate of drug-likeness (QED) is 0.754. The zero-order chi connectivity index (χ0) is 16.0. The van der Waals surface area contributed by atoms with Gasteiger partial charge in [0.1, 0.15) is 0 Å². The zero-order valence-electron chi connectivity index (χ0n) is 12.2. The van der Waals surface area contributed by atoms with Gasteiger partial charge in [-0.3, -0.25) is 9.48 Å². The van der Waals surface area contributed by atoms with Crippen LogP contribution in [0.3, 0.4) is 0 Å². The fourth-order valence-electron chi connectivity index (χ4n) is 2.91. The molecule has 4 rings (SSSR count). The van der Waals surface area contributed by atoms with Crippen molar-refractivity contribution < 1.29 is 14.7 Å². The number of aromatic amines is 1. The number of carboxylic acid groups (broad SMARTS) is 1. The van der Waals surface area contributed by atoms with E-state index in [9.17, 15) is 9.59 Å². The molecular weight excluding hydrogens is 296 g/mol. The lowest BCUT2D eigenvalue weighted by Gasteiger charge is -2.27. The van der Waals surface area contributed by atoms with E-state index in [-0.39, 0.29) is 11.6 Å². The summed E-state index contributed by atoms with van der Waals surface area (Å²) in [5.41, 5.74) is 2.29. The molecule has 3 heterocycles. The maximum absolute atomic E-state index is 12.7. The smallest absolute Gasteiger partial charge is 0.356 e. The summed E-state index contributed by atoms with van der Waals surface area (Å²) in [6.45, 7) is 1.37. The van der Waals surface area contributed by atoms with E-state index in [1.807, 2.05) is 30.5 Å². The Morgan fingerprint density at radius 1 is 1.17 bits per heavy atom. The second kappa shape index (κ2) is 4.98. The molecule has 7 heteroatoms. The fourth-order valence-corrected chi connectivity index (χ4v) is 2.91. The molecular formula is C16H14N4O3. The fraction of sp³-hybridized carbons (Fsp3) is 0.188. The van der Waals surface area contributed by atoms with Gasteiger partial charge in [0.05, 0.1) is 18.8 Å². The third-order valence-corrected chi connectivity index (χ3v) is 4.11. The largest absolute Gasteiger partial charge is 0.476 e. The molecule has 116 valence electrons. The van der Waals surface area contributed by atoms with E-state index in [1.165, 1.54) is 6.07 Å². The number of aromatic nitrogens is 3. The van der Waals surface area contributed by atoms with Gasteiger partial charge in [0, 0.05) is 23.8 Å². The van der Waals surface area contributed by atoms with Crippen molar-refractivity contribution in [3.8, 4) is 0 Å². The average Bonchev–Trinajstić information content (AvgIpc) is 3.19. The summed E-state index contributed by atoms with van der Waals surface area (Å²) in [6, 6.07) is 9.04. The Kier molecular flexibility index (Phi) is 2.94. The SMILES string of the molecule is O=C(O)c1cc2n(n1)CCN(C(=O)c1ccc3cc[nH]c3c1)C2. The number of nitrogens with zero attached hydrogens (tertiary/aromatic N) is 3. The standard InChI is InChI=1S/C16H14N4O3/c21-15(11-2-1-10-3-4-17-13(10)7-11)19-5-6-20-12(9-19)8-14(18-20)16(22)23/h1-4,7-8,17H,5-6,9H2,(H,22,23). The van der Waals surface area contributed by atoms with Crippen molar-refractivity contribution in [2.75, 3.05) is 6.54 Å². The summed E-state index contributed by atoms with van der Waals surface area (Å²) >= 11 is 0. The van der Waals surface area contributed by atoms with Crippen molar-refractivity contribution in [2.24, 2.45) is 0 Å². The van der Waals surface area contributed by atoms with E-state index in [2.05, 4.69) is 10.1 Å². The Morgan fingerprint density at radius 2 is 2.04 bits per heavy atom. The number of aromatic carboxylic acids is 1. The van der Waals surface area contributed by atoms with E-state index in [4.69, 9.17) is 5.11 Å². The molecule has 0 atom stereocenters. The van der Waals surface area contributed by atoms with Crippen molar-refractivity contribution in [3.63, 3.8) is 0 Å². The predicted octanol–water partition coefficient (Wildman–Crippen LogP) is 1.72. The molecule has 0 saturated carbocycles. The normalized spacial score (nSPS) is 14.0. The zero-order valence-corrected chi connectivity index (χ0v) is 12.2. The van der Waals surface area contributed by atoms with Crippen LogP contribution in [0.1, 0.15) is 26.5 Å². The van der Waals surface area contributed by atoms with Gasteiger partial charge in [0.2, 0.25) is 0 Å². The summed E-state index contributed by atoms with van der Waals surface area (Å²) in [7, 11) is 0. The molecule has 1 amide bonds. The molecule has 1 aromatic carbocycles. The Bertz CT molecular complexity index is 924. The summed E-state index contributed by atoms with van der Waals surface area (Å²) in [5, 5.41) is 14.1. The van der Waals surface area contributed by atoms with Gasteiger partial charge in [-0.2, -0.15) is 5.10 Å². The third-order valence-electron chi connectivity index (χ3n) is 4.11. The first-order chi connectivity index (χ1) is 11.1. The van der Waals surface area contributed by atoms with Crippen LogP contribution in [-0.4, -0.2) is 43.2 Å². The Morgan fingerprint density at radius 3 is 2.87 bits per heavy atom. The molecule has 0 radical (unpaired) electrons. The lowest BCUT2D eigenvalue weighted by atomic mass is 10.1. The van der Waals surface area contributed by atoms with Gasteiger partial charge in [-0.05, 0) is 29.7 Å². The van der Waals surface area contributed by atoms with Gasteiger partial charge in [0.25, 0.3) is 5.91 Å². The van der Waals surface area contributed by atoms with Crippen LogP contribution in [-0.2, 0) is 13.1 Å². The van der Waals surface area contributed by atoms with Crippen LogP contribution >= 0.6 is 0 Å². The molecule has 23 heavy (non-hydrogen) atoms. The number of carboxylic acids is 1. The van der Waals surface area contributed by atoms with Crippen LogP contribution in [0, 0.1) is 0 Å². The summed E-state index contributed by atoms with van der Waals surface area (Å²) in [4.78, 5) is 28.5. The molecule has 2 aromatic heterocycles. The van der Waals surface area contributed by atoms with Gasteiger partial charge in [-0.25, -0.2) is 4.79 Å². The number of benzene rings is 1. The number of amides is 1. The molecule has 0 spiro atoms. The van der Waals surface area contributed by atoms with Gasteiger partial charge in [-0.1, -0.05) is 6.07 Å². The van der Waals surface area contributed by atoms with Gasteiger partial charge >= 0.3 is 5.97 Å². The topological polar surface area (TPSA) is 91.2 Å². The second-order valence-electron chi connectivity index (χ2n) is 5.56. The second-order valence-corrected chi connectivity index (χ2v) is 5.56. The molecule has 0 aliphatic carbocycles. The number of fused-ring (bicyclic) bond motifs is 2. The Labute approximate surface area is 131 Å². The lowest BCUT2D eigenvalue weighted by Crippen LogP contribution is -2.38. The van der Waals surface area contributed by atoms with Gasteiger partial charge in [0.15, 0.2) is 5.69 Å². The minimum Gasteiger partial charge on any atom is -0.476 e. The van der Waals surface area contributed by atoms with Crippen LogP contribution in [0.15, 0.2) is 36.5 Å². The molecule has 0 fully saturated rings. The number of rotatable bonds is 2. The molecule has 3 aromatic rings. The number of hydrogen-bond acceptors (Lipinski definition) is 3. The Hall–Kier alpha value is -3.09. The number of H-pyrrole nitrogens is 1. The van der Waals surface area contributed by atoms with Crippen molar-refractivity contribution in [1.29, 1.82) is 0 Å². The highest BCUT2D eigenvalue weighted by Gasteiger charge is 2.24. The molecule has 0 saturated heterocycles. The van der Waals surface area contributed by atoms with Gasteiger partial charge < -0.3 is 15.0 Å². The van der Waals surface area contributed by atoms with Crippen molar-refractivity contribution in [2.45, 2.75) is 13.1 Å². The maximum Gasteiger partial charge on any atom is 0.356 e. The van der Waals surface area contributed by atoms with Gasteiger partial charge in [-0.15, -0.1) is 0 Å². The molecule has 1 aliphatic rings. The average molecular weight is 310 g/mol. The van der Waals surface area contributed by atoms with Crippen LogP contribution in [0.5, 0.6) is 0 Å². The Balaban J connectivity index is 1.60. The molecule has 0 unspecified atom stereocenters. The summed E-state index contributed by atoms with van der Waals surface area (Å²) < 4.78 is 1.65. The summed E-state index contributed by atoms with van der Waals surface area (Å²) in [5.74, 6) is -1.12.